The van der Waals surface area contributed by atoms with Crippen LogP contribution in [0.2, 0.25) is 0 Å². The number of hydrogen-bond acceptors (Lipinski definition) is 5. The van der Waals surface area contributed by atoms with Crippen LogP contribution in [0.1, 0.15) is 17.3 Å². The third-order valence-corrected chi connectivity index (χ3v) is 3.87. The van der Waals surface area contributed by atoms with Gasteiger partial charge in [0.05, 0.1) is 12.7 Å². The van der Waals surface area contributed by atoms with Gasteiger partial charge in [0, 0.05) is 38.5 Å². The number of hydrogen-bond donors (Lipinski definition) is 0. The van der Waals surface area contributed by atoms with E-state index in [-0.39, 0.29) is 24.5 Å². The van der Waals surface area contributed by atoms with Crippen LogP contribution in [0, 0.1) is 0 Å². The average Bonchev–Trinajstić information content (AvgIpc) is 2.54. The minimum Gasteiger partial charge on any atom is -0.465 e. The molecule has 1 fully saturated rings. The molecule has 6 nitrogen and oxygen atoms in total. The van der Waals surface area contributed by atoms with E-state index in [0.717, 1.165) is 18.8 Å². The Morgan fingerprint density at radius 3 is 2.41 bits per heavy atom. The summed E-state index contributed by atoms with van der Waals surface area (Å²) in [5.41, 5.74) is 1.58. The molecule has 1 saturated heterocycles. The number of esters is 1. The lowest BCUT2D eigenvalue weighted by Gasteiger charge is -2.41. The van der Waals surface area contributed by atoms with E-state index in [2.05, 4.69) is 4.90 Å². The molecule has 2 rings (SSSR count). The van der Waals surface area contributed by atoms with Gasteiger partial charge >= 0.3 is 5.97 Å². The number of methoxy groups -OCH3 is 2. The molecule has 0 aliphatic carbocycles. The normalized spacial score (nSPS) is 18.2. The zero-order valence-corrected chi connectivity index (χ0v) is 13.2. The Labute approximate surface area is 130 Å². The summed E-state index contributed by atoms with van der Waals surface area (Å²) >= 11 is 0. The fraction of sp³-hybridized carbons (Fsp3) is 0.500. The first kappa shape index (κ1) is 16.3. The number of benzene rings is 1. The van der Waals surface area contributed by atoms with E-state index in [1.165, 1.54) is 14.2 Å². The highest BCUT2D eigenvalue weighted by Crippen LogP contribution is 2.20. The predicted molar refractivity (Wildman–Crippen MR) is 83.0 cm³/mol. The molecule has 1 atom stereocenters. The van der Waals surface area contributed by atoms with Crippen molar-refractivity contribution in [2.75, 3.05) is 45.4 Å². The Balaban J connectivity index is 2.01. The van der Waals surface area contributed by atoms with Crippen molar-refractivity contribution in [3.63, 3.8) is 0 Å². The van der Waals surface area contributed by atoms with Crippen LogP contribution in [0.4, 0.5) is 5.69 Å². The maximum atomic E-state index is 11.9. The lowest BCUT2D eigenvalue weighted by molar-refractivity contribution is -0.137. The summed E-state index contributed by atoms with van der Waals surface area (Å²) in [5.74, 6) is -0.314. The molecule has 1 aliphatic rings. The molecule has 1 heterocycles. The van der Waals surface area contributed by atoms with Gasteiger partial charge in [0.1, 0.15) is 6.61 Å². The molecule has 1 aromatic rings. The Kier molecular flexibility index (Phi) is 5.38. The highest BCUT2D eigenvalue weighted by molar-refractivity contribution is 5.89. The summed E-state index contributed by atoms with van der Waals surface area (Å²) in [6, 6.07) is 7.46. The van der Waals surface area contributed by atoms with Gasteiger partial charge in [-0.2, -0.15) is 0 Å². The van der Waals surface area contributed by atoms with Crippen molar-refractivity contribution in [2.45, 2.75) is 13.0 Å². The fourth-order valence-electron chi connectivity index (χ4n) is 2.70. The molecular weight excluding hydrogens is 284 g/mol. The average molecular weight is 306 g/mol. The molecule has 120 valence electrons. The second kappa shape index (κ2) is 7.26. The van der Waals surface area contributed by atoms with Gasteiger partial charge in [-0.3, -0.25) is 4.79 Å². The van der Waals surface area contributed by atoms with Crippen LogP contribution >= 0.6 is 0 Å². The number of piperazine rings is 1. The van der Waals surface area contributed by atoms with Crippen LogP contribution in [-0.4, -0.2) is 63.3 Å². The van der Waals surface area contributed by atoms with E-state index in [4.69, 9.17) is 9.47 Å². The van der Waals surface area contributed by atoms with E-state index < -0.39 is 0 Å². The largest absolute Gasteiger partial charge is 0.465 e. The maximum absolute atomic E-state index is 11.9. The molecular formula is C16H22N2O4. The van der Waals surface area contributed by atoms with Gasteiger partial charge in [-0.1, -0.05) is 0 Å². The first-order chi connectivity index (χ1) is 10.6. The highest BCUT2D eigenvalue weighted by atomic mass is 16.5. The molecule has 0 saturated carbocycles. The van der Waals surface area contributed by atoms with Crippen LogP contribution in [0.5, 0.6) is 0 Å². The predicted octanol–water partition coefficient (Wildman–Crippen LogP) is 1.16. The third-order valence-electron chi connectivity index (χ3n) is 3.87. The van der Waals surface area contributed by atoms with Crippen molar-refractivity contribution in [3.05, 3.63) is 29.8 Å². The van der Waals surface area contributed by atoms with Gasteiger partial charge in [-0.05, 0) is 31.2 Å². The number of carbonyl (C=O) groups is 2. The van der Waals surface area contributed by atoms with Crippen LogP contribution in [0.3, 0.4) is 0 Å². The molecule has 1 unspecified atom stereocenters. The summed E-state index contributed by atoms with van der Waals surface area (Å²) in [6.07, 6.45) is 0. The molecule has 6 heteroatoms. The summed E-state index contributed by atoms with van der Waals surface area (Å²) in [7, 11) is 2.90. The first-order valence-electron chi connectivity index (χ1n) is 7.28. The first-order valence-corrected chi connectivity index (χ1v) is 7.28. The number of carbonyl (C=O) groups excluding carboxylic acids is 2. The lowest BCUT2D eigenvalue weighted by Crippen LogP contribution is -2.54. The second-order valence-corrected chi connectivity index (χ2v) is 5.35. The van der Waals surface area contributed by atoms with Crippen LogP contribution in [0.25, 0.3) is 0 Å². The molecule has 1 aliphatic heterocycles. The Morgan fingerprint density at radius 2 is 1.86 bits per heavy atom. The van der Waals surface area contributed by atoms with E-state index >= 15 is 0 Å². The topological polar surface area (TPSA) is 59.1 Å². The zero-order chi connectivity index (χ0) is 16.1. The number of nitrogens with zero attached hydrogens (tertiary/aromatic N) is 2. The second-order valence-electron chi connectivity index (χ2n) is 5.35. The number of ether oxygens (including phenoxy) is 2. The van der Waals surface area contributed by atoms with Crippen molar-refractivity contribution < 1.29 is 19.1 Å². The minimum atomic E-state index is -0.338. The molecule has 0 spiro atoms. The molecule has 0 bridgehead atoms. The maximum Gasteiger partial charge on any atom is 0.337 e. The van der Waals surface area contributed by atoms with Crippen LogP contribution in [0.15, 0.2) is 24.3 Å². The van der Waals surface area contributed by atoms with Gasteiger partial charge in [-0.15, -0.1) is 0 Å². The van der Waals surface area contributed by atoms with Gasteiger partial charge in [0.15, 0.2) is 0 Å². The number of anilines is 1. The highest BCUT2D eigenvalue weighted by Gasteiger charge is 2.27. The zero-order valence-electron chi connectivity index (χ0n) is 13.2. The molecule has 0 aromatic heterocycles. The van der Waals surface area contributed by atoms with Gasteiger partial charge in [0.2, 0.25) is 5.91 Å². The SMILES string of the molecule is COCC(=O)N1CCN(c2ccc(C(=O)OC)cc2)CC1C. The van der Waals surface area contributed by atoms with Crippen LogP contribution in [-0.2, 0) is 14.3 Å². The van der Waals surface area contributed by atoms with Crippen molar-refractivity contribution >= 4 is 17.6 Å². The minimum absolute atomic E-state index is 0.0238. The number of amides is 1. The van der Waals surface area contributed by atoms with E-state index in [1.807, 2.05) is 24.0 Å². The standard InChI is InChI=1S/C16H22N2O4/c1-12-10-17(8-9-18(12)15(19)11-21-2)14-6-4-13(5-7-14)16(20)22-3/h4-7,12H,8-11H2,1-3H3. The summed E-state index contributed by atoms with van der Waals surface area (Å²) < 4.78 is 9.61. The Hall–Kier alpha value is -2.08. The van der Waals surface area contributed by atoms with Crippen LogP contribution < -0.4 is 4.90 Å². The van der Waals surface area contributed by atoms with Gasteiger partial charge in [0.25, 0.3) is 0 Å². The monoisotopic (exact) mass is 306 g/mol. The summed E-state index contributed by atoms with van der Waals surface area (Å²) in [6.45, 7) is 4.34. The summed E-state index contributed by atoms with van der Waals surface area (Å²) in [5, 5.41) is 0. The van der Waals surface area contributed by atoms with Gasteiger partial charge < -0.3 is 19.3 Å². The molecule has 0 radical (unpaired) electrons. The molecule has 22 heavy (non-hydrogen) atoms. The third kappa shape index (κ3) is 3.57. The van der Waals surface area contributed by atoms with E-state index in [0.29, 0.717) is 12.1 Å². The van der Waals surface area contributed by atoms with Crippen molar-refractivity contribution in [1.29, 1.82) is 0 Å². The number of rotatable bonds is 4. The van der Waals surface area contributed by atoms with E-state index in [1.54, 1.807) is 12.1 Å². The van der Waals surface area contributed by atoms with Crippen molar-refractivity contribution in [2.24, 2.45) is 0 Å². The lowest BCUT2D eigenvalue weighted by atomic mass is 10.1. The Morgan fingerprint density at radius 1 is 1.18 bits per heavy atom. The van der Waals surface area contributed by atoms with Crippen molar-refractivity contribution in [3.8, 4) is 0 Å². The molecule has 1 aromatic carbocycles. The summed E-state index contributed by atoms with van der Waals surface area (Å²) in [4.78, 5) is 27.4. The smallest absolute Gasteiger partial charge is 0.337 e. The van der Waals surface area contributed by atoms with Gasteiger partial charge in [-0.25, -0.2) is 4.79 Å². The molecule has 0 N–H and O–H groups in total. The molecule has 1 amide bonds. The Bertz CT molecular complexity index is 529. The fourth-order valence-corrected chi connectivity index (χ4v) is 2.70. The quantitative estimate of drug-likeness (QED) is 0.781. The van der Waals surface area contributed by atoms with Crippen molar-refractivity contribution in [1.82, 2.24) is 4.90 Å². The van der Waals surface area contributed by atoms with E-state index in [9.17, 15) is 9.59 Å².